The van der Waals surface area contributed by atoms with Gasteiger partial charge in [-0.3, -0.25) is 13.9 Å². The molecule has 0 aromatic heterocycles. The van der Waals surface area contributed by atoms with Gasteiger partial charge in [0, 0.05) is 22.6 Å². The predicted octanol–water partition coefficient (Wildman–Crippen LogP) is 5.24. The molecule has 0 bridgehead atoms. The van der Waals surface area contributed by atoms with Gasteiger partial charge in [0.2, 0.25) is 11.8 Å². The second-order valence-electron chi connectivity index (χ2n) is 8.38. The van der Waals surface area contributed by atoms with Gasteiger partial charge in [-0.15, -0.1) is 0 Å². The number of anilines is 1. The maximum absolute atomic E-state index is 13.8. The fraction of sp³-hybridized carbons (Fsp3) is 0.259. The summed E-state index contributed by atoms with van der Waals surface area (Å²) in [6.07, 6.45) is 0.739. The minimum absolute atomic E-state index is 0.0386. The number of sulfonamides is 1. The normalized spacial score (nSPS) is 12.0. The average molecular weight is 607 g/mol. The molecule has 37 heavy (non-hydrogen) atoms. The maximum Gasteiger partial charge on any atom is 0.264 e. The van der Waals surface area contributed by atoms with Gasteiger partial charge in [-0.1, -0.05) is 76.9 Å². The van der Waals surface area contributed by atoms with E-state index >= 15 is 0 Å². The van der Waals surface area contributed by atoms with Crippen LogP contribution in [0.5, 0.6) is 0 Å². The minimum atomic E-state index is -4.10. The minimum Gasteiger partial charge on any atom is -0.354 e. The summed E-state index contributed by atoms with van der Waals surface area (Å²) in [6, 6.07) is 20.8. The summed E-state index contributed by atoms with van der Waals surface area (Å²) in [5.74, 6) is -0.874. The number of halogens is 2. The maximum atomic E-state index is 13.8. The zero-order chi connectivity index (χ0) is 27.0. The highest BCUT2D eigenvalue weighted by atomic mass is 79.9. The number of nitrogens with one attached hydrogen (secondary N) is 1. The van der Waals surface area contributed by atoms with Gasteiger partial charge in [0.25, 0.3) is 10.0 Å². The first kappa shape index (κ1) is 28.7. The van der Waals surface area contributed by atoms with Crippen LogP contribution in [0.25, 0.3) is 0 Å². The Bertz CT molecular complexity index is 1340. The third kappa shape index (κ3) is 7.34. The summed E-state index contributed by atoms with van der Waals surface area (Å²) in [5.41, 5.74) is 0.958. The lowest BCUT2D eigenvalue weighted by atomic mass is 10.1. The molecule has 2 amide bonds. The van der Waals surface area contributed by atoms with Crippen LogP contribution < -0.4 is 9.62 Å². The lowest BCUT2D eigenvalue weighted by molar-refractivity contribution is -0.139. The van der Waals surface area contributed by atoms with Crippen LogP contribution in [-0.2, 0) is 26.2 Å². The van der Waals surface area contributed by atoms with Crippen molar-refractivity contribution in [3.63, 3.8) is 0 Å². The van der Waals surface area contributed by atoms with Crippen molar-refractivity contribution in [3.05, 3.63) is 93.9 Å². The van der Waals surface area contributed by atoms with Crippen LogP contribution in [0.3, 0.4) is 0 Å². The number of hydrogen-bond acceptors (Lipinski definition) is 4. The van der Waals surface area contributed by atoms with Crippen LogP contribution >= 0.6 is 27.5 Å². The number of nitrogens with zero attached hydrogens (tertiary/aromatic N) is 2. The fourth-order valence-electron chi connectivity index (χ4n) is 3.67. The van der Waals surface area contributed by atoms with Gasteiger partial charge in [0.1, 0.15) is 12.6 Å². The van der Waals surface area contributed by atoms with E-state index in [2.05, 4.69) is 21.2 Å². The molecule has 0 fully saturated rings. The smallest absolute Gasteiger partial charge is 0.264 e. The van der Waals surface area contributed by atoms with Crippen molar-refractivity contribution in [2.45, 2.75) is 37.8 Å². The molecule has 0 heterocycles. The first-order valence-electron chi connectivity index (χ1n) is 11.8. The van der Waals surface area contributed by atoms with Crippen LogP contribution in [-0.4, -0.2) is 44.3 Å². The van der Waals surface area contributed by atoms with Crippen molar-refractivity contribution < 1.29 is 18.0 Å². The van der Waals surface area contributed by atoms with Crippen molar-refractivity contribution in [1.82, 2.24) is 10.2 Å². The second-order valence-corrected chi connectivity index (χ2v) is 11.6. The Morgan fingerprint density at radius 3 is 2.32 bits per heavy atom. The van der Waals surface area contributed by atoms with Crippen molar-refractivity contribution in [1.29, 1.82) is 0 Å². The molecule has 196 valence electrons. The molecule has 0 spiro atoms. The third-order valence-corrected chi connectivity index (χ3v) is 8.37. The SMILES string of the molecule is CCCNC(=O)[C@H](C)N(Cc1ccccc1Cl)C(=O)CN(c1cccc(Br)c1)S(=O)(=O)c1ccccc1. The number of carbonyl (C=O) groups is 2. The Hall–Kier alpha value is -2.88. The van der Waals surface area contributed by atoms with Crippen LogP contribution in [0.1, 0.15) is 25.8 Å². The Morgan fingerprint density at radius 1 is 1.00 bits per heavy atom. The van der Waals surface area contributed by atoms with E-state index in [0.29, 0.717) is 27.3 Å². The number of rotatable bonds is 11. The van der Waals surface area contributed by atoms with E-state index in [0.717, 1.165) is 10.7 Å². The lowest BCUT2D eigenvalue weighted by Gasteiger charge is -2.32. The molecule has 0 aliphatic heterocycles. The number of amides is 2. The van der Waals surface area contributed by atoms with Gasteiger partial charge in [-0.05, 0) is 55.3 Å². The summed E-state index contributed by atoms with van der Waals surface area (Å²) < 4.78 is 29.1. The molecule has 3 rings (SSSR count). The Morgan fingerprint density at radius 2 is 1.68 bits per heavy atom. The van der Waals surface area contributed by atoms with Gasteiger partial charge in [-0.2, -0.15) is 0 Å². The molecular formula is C27H29BrClN3O4S. The summed E-state index contributed by atoms with van der Waals surface area (Å²) in [7, 11) is -4.10. The predicted molar refractivity (Wildman–Crippen MR) is 150 cm³/mol. The van der Waals surface area contributed by atoms with Crippen LogP contribution in [0.2, 0.25) is 5.02 Å². The van der Waals surface area contributed by atoms with Crippen molar-refractivity contribution in [3.8, 4) is 0 Å². The van der Waals surface area contributed by atoms with E-state index in [9.17, 15) is 18.0 Å². The molecule has 7 nitrogen and oxygen atoms in total. The topological polar surface area (TPSA) is 86.8 Å². The molecule has 1 N–H and O–H groups in total. The van der Waals surface area contributed by atoms with E-state index in [4.69, 9.17) is 11.6 Å². The second kappa shape index (κ2) is 13.1. The lowest BCUT2D eigenvalue weighted by Crippen LogP contribution is -2.51. The molecule has 10 heteroatoms. The Kier molecular flexibility index (Phi) is 10.1. The molecule has 0 radical (unpaired) electrons. The van der Waals surface area contributed by atoms with Crippen LogP contribution in [0.4, 0.5) is 5.69 Å². The van der Waals surface area contributed by atoms with E-state index in [1.807, 2.05) is 6.92 Å². The molecule has 0 saturated carbocycles. The van der Waals surface area contributed by atoms with Crippen LogP contribution in [0.15, 0.2) is 88.2 Å². The Labute approximate surface area is 231 Å². The monoisotopic (exact) mass is 605 g/mol. The molecule has 0 saturated heterocycles. The van der Waals surface area contributed by atoms with Gasteiger partial charge in [-0.25, -0.2) is 8.42 Å². The summed E-state index contributed by atoms with van der Waals surface area (Å²) in [5, 5.41) is 3.26. The quantitative estimate of drug-likeness (QED) is 0.323. The Balaban J connectivity index is 2.02. The highest BCUT2D eigenvalue weighted by Crippen LogP contribution is 2.27. The zero-order valence-electron chi connectivity index (χ0n) is 20.6. The molecule has 1 atom stereocenters. The first-order valence-corrected chi connectivity index (χ1v) is 14.4. The zero-order valence-corrected chi connectivity index (χ0v) is 23.8. The van der Waals surface area contributed by atoms with Crippen molar-refractivity contribution in [2.24, 2.45) is 0 Å². The average Bonchev–Trinajstić information content (AvgIpc) is 2.89. The standard InChI is InChI=1S/C27H29BrClN3O4S/c1-3-16-30-27(34)20(2)31(18-21-10-7-8-15-25(21)29)26(33)19-32(23-12-9-11-22(28)17-23)37(35,36)24-13-5-4-6-14-24/h4-15,17,20H,3,16,18-19H2,1-2H3,(H,30,34)/t20-/m0/s1. The molecule has 0 aliphatic rings. The van der Waals surface area contributed by atoms with E-state index in [1.54, 1.807) is 73.7 Å². The summed E-state index contributed by atoms with van der Waals surface area (Å²) in [4.78, 5) is 28.1. The van der Waals surface area contributed by atoms with E-state index < -0.39 is 28.5 Å². The first-order chi connectivity index (χ1) is 17.6. The van der Waals surface area contributed by atoms with Gasteiger partial charge < -0.3 is 10.2 Å². The molecule has 0 unspecified atom stereocenters. The number of benzene rings is 3. The fourth-order valence-corrected chi connectivity index (χ4v) is 5.68. The van der Waals surface area contributed by atoms with Gasteiger partial charge >= 0.3 is 0 Å². The van der Waals surface area contributed by atoms with E-state index in [1.165, 1.54) is 17.0 Å². The van der Waals surface area contributed by atoms with Gasteiger partial charge in [0.05, 0.1) is 10.6 Å². The van der Waals surface area contributed by atoms with E-state index in [-0.39, 0.29) is 17.3 Å². The number of hydrogen-bond donors (Lipinski definition) is 1. The number of carbonyl (C=O) groups excluding carboxylic acids is 2. The van der Waals surface area contributed by atoms with Gasteiger partial charge in [0.15, 0.2) is 0 Å². The third-order valence-electron chi connectivity index (χ3n) is 5.72. The highest BCUT2D eigenvalue weighted by molar-refractivity contribution is 9.10. The largest absolute Gasteiger partial charge is 0.354 e. The van der Waals surface area contributed by atoms with Crippen LogP contribution in [0, 0.1) is 0 Å². The molecular weight excluding hydrogens is 578 g/mol. The summed E-state index contributed by atoms with van der Waals surface area (Å²) >= 11 is 9.75. The van der Waals surface area contributed by atoms with Crippen molar-refractivity contribution >= 4 is 55.1 Å². The molecule has 0 aliphatic carbocycles. The highest BCUT2D eigenvalue weighted by Gasteiger charge is 2.32. The van der Waals surface area contributed by atoms with Crippen molar-refractivity contribution in [2.75, 3.05) is 17.4 Å². The molecule has 3 aromatic rings. The molecule has 3 aromatic carbocycles. The summed E-state index contributed by atoms with van der Waals surface area (Å²) in [6.45, 7) is 3.54.